The van der Waals surface area contributed by atoms with E-state index in [1.54, 1.807) is 14.2 Å². The maximum absolute atomic E-state index is 5.19. The highest BCUT2D eigenvalue weighted by atomic mass is 79.9. The predicted octanol–water partition coefficient (Wildman–Crippen LogP) is 2.44. The summed E-state index contributed by atoms with van der Waals surface area (Å²) in [5.41, 5.74) is 0.777. The molecule has 0 spiro atoms. The molecular weight excluding hydrogens is 326 g/mol. The lowest BCUT2D eigenvalue weighted by Crippen LogP contribution is -2.05. The minimum absolute atomic E-state index is 0.228. The lowest BCUT2D eigenvalue weighted by molar-refractivity contribution is 0.379. The molecule has 0 amide bonds. The van der Waals surface area contributed by atoms with Crippen molar-refractivity contribution in [3.05, 3.63) is 22.7 Å². The van der Waals surface area contributed by atoms with Crippen LogP contribution in [0.15, 0.2) is 22.7 Å². The van der Waals surface area contributed by atoms with Crippen molar-refractivity contribution in [3.8, 4) is 11.8 Å². The van der Waals surface area contributed by atoms with Crippen molar-refractivity contribution in [3.63, 3.8) is 0 Å². The Hall–Kier alpha value is -2.09. The van der Waals surface area contributed by atoms with E-state index in [2.05, 4.69) is 41.5 Å². The van der Waals surface area contributed by atoms with Gasteiger partial charge in [-0.15, -0.1) is 0 Å². The summed E-state index contributed by atoms with van der Waals surface area (Å²) >= 11 is 3.45. The summed E-state index contributed by atoms with van der Waals surface area (Å²) < 4.78 is 11.1. The Morgan fingerprint density at radius 2 is 1.80 bits per heavy atom. The maximum Gasteiger partial charge on any atom is 0.322 e. The number of methoxy groups -OCH3 is 2. The molecule has 7 nitrogen and oxygen atoms in total. The molecule has 0 aliphatic heterocycles. The van der Waals surface area contributed by atoms with Crippen molar-refractivity contribution in [1.29, 1.82) is 0 Å². The fraction of sp³-hybridized carbons (Fsp3) is 0.250. The van der Waals surface area contributed by atoms with Crippen molar-refractivity contribution < 1.29 is 9.47 Å². The van der Waals surface area contributed by atoms with Crippen LogP contribution in [0, 0.1) is 0 Å². The molecule has 8 heteroatoms. The van der Waals surface area contributed by atoms with Crippen LogP contribution in [0.5, 0.6) is 11.8 Å². The summed E-state index contributed by atoms with van der Waals surface area (Å²) in [7, 11) is 4.83. The minimum atomic E-state index is 0.228. The number of nitrogens with zero attached hydrogens (tertiary/aromatic N) is 3. The van der Waals surface area contributed by atoms with Crippen LogP contribution in [-0.2, 0) is 0 Å². The van der Waals surface area contributed by atoms with Crippen molar-refractivity contribution in [2.75, 3.05) is 31.9 Å². The summed E-state index contributed by atoms with van der Waals surface area (Å²) in [5.74, 6) is 1.51. The van der Waals surface area contributed by atoms with E-state index in [1.165, 1.54) is 7.11 Å². The Bertz CT molecular complexity index is 586. The van der Waals surface area contributed by atoms with Gasteiger partial charge in [-0.05, 0) is 28.1 Å². The van der Waals surface area contributed by atoms with Crippen molar-refractivity contribution in [1.82, 2.24) is 15.0 Å². The smallest absolute Gasteiger partial charge is 0.322 e. The first-order valence-corrected chi connectivity index (χ1v) is 6.54. The Balaban J connectivity index is 2.33. The topological polar surface area (TPSA) is 81.2 Å². The highest BCUT2D eigenvalue weighted by Gasteiger charge is 2.08. The first-order valence-electron chi connectivity index (χ1n) is 5.74. The Morgan fingerprint density at radius 1 is 1.05 bits per heavy atom. The van der Waals surface area contributed by atoms with Gasteiger partial charge in [0.25, 0.3) is 0 Å². The van der Waals surface area contributed by atoms with Gasteiger partial charge in [0, 0.05) is 17.6 Å². The third kappa shape index (κ3) is 3.27. The molecule has 0 radical (unpaired) electrons. The second-order valence-corrected chi connectivity index (χ2v) is 4.54. The molecule has 20 heavy (non-hydrogen) atoms. The lowest BCUT2D eigenvalue weighted by atomic mass is 10.3. The molecule has 0 bridgehead atoms. The number of rotatable bonds is 5. The number of nitrogens with one attached hydrogen (secondary N) is 2. The second kappa shape index (κ2) is 6.38. The molecular formula is C12H14BrN5O2. The van der Waals surface area contributed by atoms with Crippen LogP contribution in [0.1, 0.15) is 0 Å². The van der Waals surface area contributed by atoms with Crippen LogP contribution in [-0.4, -0.2) is 36.2 Å². The summed E-state index contributed by atoms with van der Waals surface area (Å²) in [5, 5.41) is 5.93. The van der Waals surface area contributed by atoms with Gasteiger partial charge in [-0.1, -0.05) is 0 Å². The predicted molar refractivity (Wildman–Crippen MR) is 79.9 cm³/mol. The molecule has 0 atom stereocenters. The zero-order valence-electron chi connectivity index (χ0n) is 11.3. The number of ether oxygens (including phenoxy) is 2. The lowest BCUT2D eigenvalue weighted by Gasteiger charge is -2.10. The van der Waals surface area contributed by atoms with Gasteiger partial charge < -0.3 is 20.1 Å². The van der Waals surface area contributed by atoms with E-state index in [0.717, 1.165) is 15.9 Å². The van der Waals surface area contributed by atoms with Crippen LogP contribution < -0.4 is 20.1 Å². The summed E-state index contributed by atoms with van der Waals surface area (Å²) in [6.07, 6.45) is 0. The molecule has 0 fully saturated rings. The summed E-state index contributed by atoms with van der Waals surface area (Å²) in [6, 6.07) is 5.78. The zero-order chi connectivity index (χ0) is 14.5. The third-order valence-corrected chi connectivity index (χ3v) is 3.13. The molecule has 0 saturated heterocycles. The van der Waals surface area contributed by atoms with Gasteiger partial charge in [0.1, 0.15) is 5.75 Å². The van der Waals surface area contributed by atoms with Crippen molar-refractivity contribution >= 4 is 33.5 Å². The normalized spacial score (nSPS) is 10.0. The van der Waals surface area contributed by atoms with Crippen molar-refractivity contribution in [2.45, 2.75) is 0 Å². The molecule has 2 aromatic rings. The Morgan fingerprint density at radius 3 is 2.45 bits per heavy atom. The molecule has 2 rings (SSSR count). The van der Waals surface area contributed by atoms with Gasteiger partial charge in [0.05, 0.1) is 19.9 Å². The number of benzene rings is 1. The average molecular weight is 340 g/mol. The van der Waals surface area contributed by atoms with Crippen LogP contribution in [0.3, 0.4) is 0 Å². The molecule has 1 heterocycles. The van der Waals surface area contributed by atoms with Gasteiger partial charge in [0.2, 0.25) is 11.9 Å². The van der Waals surface area contributed by atoms with E-state index in [1.807, 2.05) is 18.2 Å². The Labute approximate surface area is 124 Å². The van der Waals surface area contributed by atoms with E-state index < -0.39 is 0 Å². The SMILES string of the molecule is CNc1nc(Nc2cc(OC)ccc2Br)nc(OC)n1. The van der Waals surface area contributed by atoms with Gasteiger partial charge in [-0.3, -0.25) is 0 Å². The number of hydrogen-bond donors (Lipinski definition) is 2. The fourth-order valence-corrected chi connectivity index (χ4v) is 1.81. The van der Waals surface area contributed by atoms with Crippen LogP contribution >= 0.6 is 15.9 Å². The highest BCUT2D eigenvalue weighted by molar-refractivity contribution is 9.10. The highest BCUT2D eigenvalue weighted by Crippen LogP contribution is 2.29. The molecule has 106 valence electrons. The first kappa shape index (κ1) is 14.3. The second-order valence-electron chi connectivity index (χ2n) is 3.69. The van der Waals surface area contributed by atoms with Gasteiger partial charge in [-0.2, -0.15) is 15.0 Å². The first-order chi connectivity index (χ1) is 9.66. The minimum Gasteiger partial charge on any atom is -0.497 e. The standard InChI is InChI=1S/C12H14BrN5O2/c1-14-10-16-11(18-12(17-10)20-3)15-9-6-7(19-2)4-5-8(9)13/h4-6H,1-3H3,(H2,14,15,16,17,18). The number of hydrogen-bond acceptors (Lipinski definition) is 7. The summed E-state index contributed by atoms with van der Waals surface area (Å²) in [6.45, 7) is 0. The van der Waals surface area contributed by atoms with E-state index in [-0.39, 0.29) is 6.01 Å². The van der Waals surface area contributed by atoms with Gasteiger partial charge in [0.15, 0.2) is 0 Å². The molecule has 2 N–H and O–H groups in total. The summed E-state index contributed by atoms with van der Waals surface area (Å²) in [4.78, 5) is 12.4. The van der Waals surface area contributed by atoms with Crippen molar-refractivity contribution in [2.24, 2.45) is 0 Å². The molecule has 1 aromatic carbocycles. The largest absolute Gasteiger partial charge is 0.497 e. The molecule has 0 saturated carbocycles. The average Bonchev–Trinajstić information content (AvgIpc) is 2.49. The van der Waals surface area contributed by atoms with Gasteiger partial charge in [-0.25, -0.2) is 0 Å². The molecule has 0 unspecified atom stereocenters. The fourth-order valence-electron chi connectivity index (χ4n) is 1.46. The zero-order valence-corrected chi connectivity index (χ0v) is 12.9. The quantitative estimate of drug-likeness (QED) is 0.865. The van der Waals surface area contributed by atoms with E-state index in [0.29, 0.717) is 11.9 Å². The van der Waals surface area contributed by atoms with E-state index in [9.17, 15) is 0 Å². The number of halogens is 1. The van der Waals surface area contributed by atoms with Crippen LogP contribution in [0.25, 0.3) is 0 Å². The number of aromatic nitrogens is 3. The third-order valence-electron chi connectivity index (χ3n) is 2.44. The molecule has 0 aliphatic rings. The maximum atomic E-state index is 5.19. The molecule has 0 aliphatic carbocycles. The van der Waals surface area contributed by atoms with Crippen LogP contribution in [0.2, 0.25) is 0 Å². The van der Waals surface area contributed by atoms with Crippen LogP contribution in [0.4, 0.5) is 17.6 Å². The van der Waals surface area contributed by atoms with E-state index in [4.69, 9.17) is 9.47 Å². The molecule has 1 aromatic heterocycles. The number of anilines is 3. The Kier molecular flexibility index (Phi) is 4.57. The van der Waals surface area contributed by atoms with Gasteiger partial charge >= 0.3 is 6.01 Å². The monoisotopic (exact) mass is 339 g/mol. The van der Waals surface area contributed by atoms with E-state index >= 15 is 0 Å².